The SMILES string of the molecule is CN1CCN(c2ccc(NC(=O)Cc3cn4cc(C(F)(F)F)cc(Cl)c4n3)cc2)CC1. The smallest absolute Gasteiger partial charge is 0.369 e. The van der Waals surface area contributed by atoms with Gasteiger partial charge in [0.05, 0.1) is 22.7 Å². The number of carbonyl (C=O) groups excluding carboxylic acids is 1. The topological polar surface area (TPSA) is 52.9 Å². The summed E-state index contributed by atoms with van der Waals surface area (Å²) in [6.45, 7) is 3.92. The second kappa shape index (κ2) is 8.39. The molecule has 6 nitrogen and oxygen atoms in total. The summed E-state index contributed by atoms with van der Waals surface area (Å²) in [4.78, 5) is 21.2. The van der Waals surface area contributed by atoms with Gasteiger partial charge in [-0.25, -0.2) is 4.98 Å². The van der Waals surface area contributed by atoms with Crippen LogP contribution in [0.25, 0.3) is 5.65 Å². The second-order valence-electron chi connectivity index (χ2n) is 7.60. The summed E-state index contributed by atoms with van der Waals surface area (Å²) >= 11 is 5.94. The minimum Gasteiger partial charge on any atom is -0.369 e. The molecule has 1 N–H and O–H groups in total. The molecule has 0 spiro atoms. The molecule has 1 amide bonds. The van der Waals surface area contributed by atoms with Gasteiger partial charge in [-0.3, -0.25) is 4.79 Å². The van der Waals surface area contributed by atoms with Crippen LogP contribution in [0.4, 0.5) is 24.5 Å². The predicted octanol–water partition coefficient (Wildman–Crippen LogP) is 3.94. The molecule has 1 aromatic carbocycles. The van der Waals surface area contributed by atoms with E-state index in [0.717, 1.165) is 44.1 Å². The Morgan fingerprint density at radius 3 is 2.45 bits per heavy atom. The first-order valence-electron chi connectivity index (χ1n) is 9.77. The van der Waals surface area contributed by atoms with E-state index in [0.29, 0.717) is 11.4 Å². The third-order valence-corrected chi connectivity index (χ3v) is 5.52. The minimum atomic E-state index is -4.52. The average Bonchev–Trinajstić information content (AvgIpc) is 3.11. The fraction of sp³-hybridized carbons (Fsp3) is 0.333. The summed E-state index contributed by atoms with van der Waals surface area (Å²) in [5.41, 5.74) is 1.37. The van der Waals surface area contributed by atoms with Gasteiger partial charge in [-0.05, 0) is 37.4 Å². The minimum absolute atomic E-state index is 0.0838. The van der Waals surface area contributed by atoms with Crippen molar-refractivity contribution in [1.82, 2.24) is 14.3 Å². The van der Waals surface area contributed by atoms with Crippen LogP contribution in [-0.4, -0.2) is 53.4 Å². The van der Waals surface area contributed by atoms with Crippen LogP contribution in [0.2, 0.25) is 5.02 Å². The molecular weight excluding hydrogens is 431 g/mol. The van der Waals surface area contributed by atoms with E-state index in [1.54, 1.807) is 0 Å². The molecule has 2 aromatic heterocycles. The van der Waals surface area contributed by atoms with Gasteiger partial charge in [0, 0.05) is 49.9 Å². The molecule has 1 fully saturated rings. The van der Waals surface area contributed by atoms with E-state index in [1.165, 1.54) is 10.6 Å². The molecule has 0 saturated carbocycles. The molecule has 1 saturated heterocycles. The standard InChI is InChI=1S/C21H21ClF3N5O/c1-28-6-8-29(9-7-28)17-4-2-15(3-5-17)26-19(31)11-16-13-30-12-14(21(23,24)25)10-18(22)20(30)27-16/h2-5,10,12-13H,6-9,11H2,1H3,(H,26,31). The first-order valence-corrected chi connectivity index (χ1v) is 10.1. The molecule has 31 heavy (non-hydrogen) atoms. The number of anilines is 2. The van der Waals surface area contributed by atoms with Gasteiger partial charge in [-0.1, -0.05) is 11.6 Å². The first-order chi connectivity index (χ1) is 14.7. The van der Waals surface area contributed by atoms with E-state index < -0.39 is 11.7 Å². The van der Waals surface area contributed by atoms with Gasteiger partial charge in [-0.2, -0.15) is 13.2 Å². The Hall–Kier alpha value is -2.78. The van der Waals surface area contributed by atoms with Crippen molar-refractivity contribution in [1.29, 1.82) is 0 Å². The number of nitrogens with one attached hydrogen (secondary N) is 1. The Kier molecular flexibility index (Phi) is 5.81. The number of imidazole rings is 1. The van der Waals surface area contributed by atoms with Crippen molar-refractivity contribution in [2.45, 2.75) is 12.6 Å². The van der Waals surface area contributed by atoms with Crippen LogP contribution in [0.1, 0.15) is 11.3 Å². The molecular formula is C21H21ClF3N5O. The van der Waals surface area contributed by atoms with Gasteiger partial charge < -0.3 is 19.5 Å². The average molecular weight is 452 g/mol. The number of alkyl halides is 3. The maximum absolute atomic E-state index is 13.0. The molecule has 0 unspecified atom stereocenters. The number of nitrogens with zero attached hydrogens (tertiary/aromatic N) is 4. The van der Waals surface area contributed by atoms with Crippen molar-refractivity contribution in [2.75, 3.05) is 43.4 Å². The molecule has 3 heterocycles. The van der Waals surface area contributed by atoms with Crippen LogP contribution < -0.4 is 10.2 Å². The predicted molar refractivity (Wildman–Crippen MR) is 114 cm³/mol. The fourth-order valence-electron chi connectivity index (χ4n) is 3.54. The zero-order chi connectivity index (χ0) is 22.2. The van der Waals surface area contributed by atoms with Gasteiger partial charge in [0.25, 0.3) is 0 Å². The van der Waals surface area contributed by atoms with E-state index >= 15 is 0 Å². The summed E-state index contributed by atoms with van der Waals surface area (Å²) in [6.07, 6.45) is -2.31. The van der Waals surface area contributed by atoms with Crippen LogP contribution in [-0.2, 0) is 17.4 Å². The van der Waals surface area contributed by atoms with Crippen LogP contribution in [0.15, 0.2) is 42.7 Å². The number of fused-ring (bicyclic) bond motifs is 1. The van der Waals surface area contributed by atoms with E-state index in [1.807, 2.05) is 24.3 Å². The number of piperazine rings is 1. The Balaban J connectivity index is 1.41. The Labute approximate surface area is 182 Å². The van der Waals surface area contributed by atoms with Gasteiger partial charge >= 0.3 is 6.18 Å². The molecule has 0 atom stereocenters. The maximum atomic E-state index is 13.0. The molecule has 0 radical (unpaired) electrons. The number of amides is 1. The number of hydrogen-bond donors (Lipinski definition) is 1. The van der Waals surface area contributed by atoms with E-state index in [9.17, 15) is 18.0 Å². The van der Waals surface area contributed by atoms with Crippen LogP contribution in [0, 0.1) is 0 Å². The quantitative estimate of drug-likeness (QED) is 0.653. The monoisotopic (exact) mass is 451 g/mol. The molecule has 10 heteroatoms. The van der Waals surface area contributed by atoms with Gasteiger partial charge in [0.1, 0.15) is 0 Å². The third-order valence-electron chi connectivity index (χ3n) is 5.24. The Morgan fingerprint density at radius 2 is 1.81 bits per heavy atom. The van der Waals surface area contributed by atoms with Crippen molar-refractivity contribution in [2.24, 2.45) is 0 Å². The van der Waals surface area contributed by atoms with Crippen molar-refractivity contribution >= 4 is 34.5 Å². The summed E-state index contributed by atoms with van der Waals surface area (Å²) in [5, 5.41) is 2.67. The first kappa shape index (κ1) is 21.5. The second-order valence-corrected chi connectivity index (χ2v) is 8.01. The summed E-state index contributed by atoms with van der Waals surface area (Å²) in [7, 11) is 2.10. The van der Waals surface area contributed by atoms with Crippen LogP contribution >= 0.6 is 11.6 Å². The van der Waals surface area contributed by atoms with Gasteiger partial charge in [-0.15, -0.1) is 0 Å². The van der Waals surface area contributed by atoms with Crippen LogP contribution in [0.3, 0.4) is 0 Å². The molecule has 164 valence electrons. The highest BCUT2D eigenvalue weighted by atomic mass is 35.5. The van der Waals surface area contributed by atoms with E-state index in [-0.39, 0.29) is 23.0 Å². The highest BCUT2D eigenvalue weighted by Gasteiger charge is 2.32. The molecule has 3 aromatic rings. The van der Waals surface area contributed by atoms with Gasteiger partial charge in [0.15, 0.2) is 5.65 Å². The summed E-state index contributed by atoms with van der Waals surface area (Å²) in [6, 6.07) is 8.42. The number of benzene rings is 1. The number of pyridine rings is 1. The number of likely N-dealkylation sites (N-methyl/N-ethyl adjacent to an activating group) is 1. The summed E-state index contributed by atoms with van der Waals surface area (Å²) in [5.74, 6) is -0.317. The largest absolute Gasteiger partial charge is 0.417 e. The molecule has 0 aliphatic carbocycles. The number of halogens is 4. The lowest BCUT2D eigenvalue weighted by atomic mass is 10.2. The van der Waals surface area contributed by atoms with Crippen molar-refractivity contribution in [3.63, 3.8) is 0 Å². The van der Waals surface area contributed by atoms with Crippen molar-refractivity contribution in [3.8, 4) is 0 Å². The van der Waals surface area contributed by atoms with E-state index in [2.05, 4.69) is 27.1 Å². The zero-order valence-electron chi connectivity index (χ0n) is 16.8. The lowest BCUT2D eigenvalue weighted by molar-refractivity contribution is -0.137. The Morgan fingerprint density at radius 1 is 1.13 bits per heavy atom. The lowest BCUT2D eigenvalue weighted by Gasteiger charge is -2.34. The summed E-state index contributed by atoms with van der Waals surface area (Å²) < 4.78 is 40.1. The number of carbonyl (C=O) groups is 1. The van der Waals surface area contributed by atoms with Crippen LogP contribution in [0.5, 0.6) is 0 Å². The normalized spacial score (nSPS) is 15.5. The molecule has 1 aliphatic heterocycles. The lowest BCUT2D eigenvalue weighted by Crippen LogP contribution is -2.44. The zero-order valence-corrected chi connectivity index (χ0v) is 17.5. The molecule has 0 bridgehead atoms. The number of rotatable bonds is 4. The fourth-order valence-corrected chi connectivity index (χ4v) is 3.80. The van der Waals surface area contributed by atoms with Crippen molar-refractivity contribution in [3.05, 3.63) is 59.0 Å². The van der Waals surface area contributed by atoms with Gasteiger partial charge in [0.2, 0.25) is 5.91 Å². The van der Waals surface area contributed by atoms with Crippen molar-refractivity contribution < 1.29 is 18.0 Å². The third kappa shape index (κ3) is 4.94. The number of aromatic nitrogens is 2. The number of hydrogen-bond acceptors (Lipinski definition) is 4. The molecule has 1 aliphatic rings. The molecule has 4 rings (SSSR count). The highest BCUT2D eigenvalue weighted by Crippen LogP contribution is 2.32. The van der Waals surface area contributed by atoms with E-state index in [4.69, 9.17) is 11.6 Å². The Bertz CT molecular complexity index is 1090. The maximum Gasteiger partial charge on any atom is 0.417 e. The highest BCUT2D eigenvalue weighted by molar-refractivity contribution is 6.33.